The summed E-state index contributed by atoms with van der Waals surface area (Å²) in [5.74, 6) is 0. The Kier molecular flexibility index (Phi) is 3.19. The van der Waals surface area contributed by atoms with Crippen LogP contribution in [0.2, 0.25) is 0 Å². The zero-order valence-corrected chi connectivity index (χ0v) is 8.11. The quantitative estimate of drug-likeness (QED) is 0.684. The van der Waals surface area contributed by atoms with Gasteiger partial charge in [-0.2, -0.15) is 0 Å². The van der Waals surface area contributed by atoms with Crippen molar-refractivity contribution in [3.8, 4) is 0 Å². The lowest BCUT2D eigenvalue weighted by Gasteiger charge is -2.31. The summed E-state index contributed by atoms with van der Waals surface area (Å²) in [6.07, 6.45) is 4.73. The molecule has 76 valence electrons. The molecule has 3 heteroatoms. The summed E-state index contributed by atoms with van der Waals surface area (Å²) in [6.45, 7) is 4.11. The number of likely N-dealkylation sites (tertiary alicyclic amines) is 1. The van der Waals surface area contributed by atoms with Gasteiger partial charge in [0.1, 0.15) is 0 Å². The van der Waals surface area contributed by atoms with Gasteiger partial charge in [-0.1, -0.05) is 0 Å². The van der Waals surface area contributed by atoms with Gasteiger partial charge in [-0.05, 0) is 25.7 Å². The lowest BCUT2D eigenvalue weighted by atomic mass is 10.1. The number of hydrogen-bond acceptors (Lipinski definition) is 3. The molecule has 0 amide bonds. The first-order valence-electron chi connectivity index (χ1n) is 5.36. The van der Waals surface area contributed by atoms with E-state index in [1.165, 1.54) is 12.8 Å². The van der Waals surface area contributed by atoms with Crippen molar-refractivity contribution in [1.82, 2.24) is 4.90 Å². The van der Waals surface area contributed by atoms with Crippen LogP contribution in [0.4, 0.5) is 0 Å². The lowest BCUT2D eigenvalue weighted by Crippen LogP contribution is -2.40. The second-order valence-electron chi connectivity index (χ2n) is 4.17. The second kappa shape index (κ2) is 4.40. The van der Waals surface area contributed by atoms with E-state index in [1.807, 2.05) is 0 Å². The van der Waals surface area contributed by atoms with Crippen LogP contribution in [0.3, 0.4) is 0 Å². The maximum Gasteiger partial charge on any atom is 0.0702 e. The number of hydrogen-bond donors (Lipinski definition) is 1. The molecule has 0 spiro atoms. The largest absolute Gasteiger partial charge is 0.393 e. The van der Waals surface area contributed by atoms with Crippen LogP contribution in [-0.4, -0.2) is 48.5 Å². The monoisotopic (exact) mass is 185 g/mol. The van der Waals surface area contributed by atoms with Crippen molar-refractivity contribution in [3.05, 3.63) is 0 Å². The predicted octanol–water partition coefficient (Wildman–Crippen LogP) is 0.622. The topological polar surface area (TPSA) is 32.7 Å². The third kappa shape index (κ3) is 2.66. The summed E-state index contributed by atoms with van der Waals surface area (Å²) < 4.78 is 5.58. The molecule has 2 heterocycles. The van der Waals surface area contributed by atoms with Crippen molar-refractivity contribution in [2.24, 2.45) is 0 Å². The van der Waals surface area contributed by atoms with Gasteiger partial charge in [-0.15, -0.1) is 0 Å². The fourth-order valence-corrected chi connectivity index (χ4v) is 2.18. The zero-order valence-electron chi connectivity index (χ0n) is 8.11. The molecular formula is C10H19NO2. The van der Waals surface area contributed by atoms with Crippen LogP contribution in [-0.2, 0) is 4.74 Å². The molecule has 2 aliphatic heterocycles. The highest BCUT2D eigenvalue weighted by molar-refractivity contribution is 4.75. The molecule has 0 radical (unpaired) electrons. The highest BCUT2D eigenvalue weighted by Gasteiger charge is 2.22. The minimum Gasteiger partial charge on any atom is -0.393 e. The van der Waals surface area contributed by atoms with Crippen molar-refractivity contribution in [1.29, 1.82) is 0 Å². The molecule has 2 aliphatic rings. The predicted molar refractivity (Wildman–Crippen MR) is 50.7 cm³/mol. The van der Waals surface area contributed by atoms with Crippen molar-refractivity contribution in [2.75, 3.05) is 26.2 Å². The molecule has 1 unspecified atom stereocenters. The molecule has 0 saturated carbocycles. The molecule has 2 rings (SSSR count). The number of ether oxygens (including phenoxy) is 1. The molecular weight excluding hydrogens is 166 g/mol. The molecule has 1 atom stereocenters. The number of nitrogens with zero attached hydrogens (tertiary/aromatic N) is 1. The summed E-state index contributed by atoms with van der Waals surface area (Å²) in [5, 5.41) is 9.33. The van der Waals surface area contributed by atoms with E-state index in [2.05, 4.69) is 4.90 Å². The van der Waals surface area contributed by atoms with Gasteiger partial charge in [-0.25, -0.2) is 0 Å². The van der Waals surface area contributed by atoms with E-state index in [4.69, 9.17) is 4.74 Å². The van der Waals surface area contributed by atoms with Crippen molar-refractivity contribution >= 4 is 0 Å². The SMILES string of the molecule is OC1CCN(CC2CCCO2)CC1. The standard InChI is InChI=1S/C10H19NO2/c12-9-3-5-11(6-4-9)8-10-2-1-7-13-10/h9-10,12H,1-8H2. The van der Waals surface area contributed by atoms with Crippen molar-refractivity contribution in [3.63, 3.8) is 0 Å². The van der Waals surface area contributed by atoms with Crippen LogP contribution in [0.1, 0.15) is 25.7 Å². The molecule has 0 aliphatic carbocycles. The minimum atomic E-state index is -0.0549. The van der Waals surface area contributed by atoms with Crippen LogP contribution in [0.25, 0.3) is 0 Å². The number of piperidine rings is 1. The van der Waals surface area contributed by atoms with Gasteiger partial charge in [0, 0.05) is 26.2 Å². The van der Waals surface area contributed by atoms with E-state index < -0.39 is 0 Å². The molecule has 1 N–H and O–H groups in total. The van der Waals surface area contributed by atoms with Gasteiger partial charge in [0.15, 0.2) is 0 Å². The molecule has 2 saturated heterocycles. The Balaban J connectivity index is 1.69. The summed E-state index contributed by atoms with van der Waals surface area (Å²) >= 11 is 0. The average molecular weight is 185 g/mol. The first-order chi connectivity index (χ1) is 6.34. The molecule has 3 nitrogen and oxygen atoms in total. The normalized spacial score (nSPS) is 32.5. The van der Waals surface area contributed by atoms with Crippen molar-refractivity contribution in [2.45, 2.75) is 37.9 Å². The van der Waals surface area contributed by atoms with Gasteiger partial charge in [0.05, 0.1) is 12.2 Å². The third-order valence-electron chi connectivity index (χ3n) is 3.04. The minimum absolute atomic E-state index is 0.0549. The summed E-state index contributed by atoms with van der Waals surface area (Å²) in [7, 11) is 0. The van der Waals surface area contributed by atoms with E-state index in [0.717, 1.165) is 39.1 Å². The van der Waals surface area contributed by atoms with Crippen LogP contribution in [0.15, 0.2) is 0 Å². The van der Waals surface area contributed by atoms with E-state index in [-0.39, 0.29) is 6.10 Å². The maximum absolute atomic E-state index is 9.33. The van der Waals surface area contributed by atoms with Crippen LogP contribution < -0.4 is 0 Å². The van der Waals surface area contributed by atoms with Gasteiger partial charge in [-0.3, -0.25) is 0 Å². The van der Waals surface area contributed by atoms with E-state index >= 15 is 0 Å². The number of rotatable bonds is 2. The fourth-order valence-electron chi connectivity index (χ4n) is 2.18. The highest BCUT2D eigenvalue weighted by atomic mass is 16.5. The van der Waals surface area contributed by atoms with Gasteiger partial charge in [0.2, 0.25) is 0 Å². The van der Waals surface area contributed by atoms with Crippen LogP contribution in [0.5, 0.6) is 0 Å². The van der Waals surface area contributed by atoms with Crippen LogP contribution >= 0.6 is 0 Å². The van der Waals surface area contributed by atoms with E-state index in [1.54, 1.807) is 0 Å². The zero-order chi connectivity index (χ0) is 9.10. The Morgan fingerprint density at radius 2 is 2.00 bits per heavy atom. The Hall–Kier alpha value is -0.120. The smallest absolute Gasteiger partial charge is 0.0702 e. The Labute approximate surface area is 79.7 Å². The lowest BCUT2D eigenvalue weighted by molar-refractivity contribution is 0.0372. The molecule has 0 bridgehead atoms. The first kappa shape index (κ1) is 9.44. The Bertz CT molecular complexity index is 149. The highest BCUT2D eigenvalue weighted by Crippen LogP contribution is 2.16. The fraction of sp³-hybridized carbons (Fsp3) is 1.00. The first-order valence-corrected chi connectivity index (χ1v) is 5.36. The Morgan fingerprint density at radius 3 is 2.62 bits per heavy atom. The van der Waals surface area contributed by atoms with Crippen molar-refractivity contribution < 1.29 is 9.84 Å². The summed E-state index contributed by atoms with van der Waals surface area (Å²) in [6, 6.07) is 0. The van der Waals surface area contributed by atoms with E-state index in [9.17, 15) is 5.11 Å². The van der Waals surface area contributed by atoms with Gasteiger partial charge in [0.25, 0.3) is 0 Å². The maximum atomic E-state index is 9.33. The van der Waals surface area contributed by atoms with Gasteiger partial charge < -0.3 is 14.7 Å². The number of aliphatic hydroxyl groups is 1. The van der Waals surface area contributed by atoms with Crippen LogP contribution in [0, 0.1) is 0 Å². The van der Waals surface area contributed by atoms with Gasteiger partial charge >= 0.3 is 0 Å². The molecule has 0 aromatic rings. The summed E-state index contributed by atoms with van der Waals surface area (Å²) in [5.41, 5.74) is 0. The Morgan fingerprint density at radius 1 is 1.23 bits per heavy atom. The third-order valence-corrected chi connectivity index (χ3v) is 3.04. The molecule has 2 fully saturated rings. The summed E-state index contributed by atoms with van der Waals surface area (Å²) in [4.78, 5) is 2.42. The number of aliphatic hydroxyl groups excluding tert-OH is 1. The average Bonchev–Trinajstić information content (AvgIpc) is 2.62. The molecule has 0 aromatic carbocycles. The molecule has 13 heavy (non-hydrogen) atoms. The second-order valence-corrected chi connectivity index (χ2v) is 4.17. The molecule has 0 aromatic heterocycles. The van der Waals surface area contributed by atoms with E-state index in [0.29, 0.717) is 6.10 Å².